The molecule has 2 aliphatic rings. The number of morpholine rings is 1. The molecule has 1 saturated heterocycles. The van der Waals surface area contributed by atoms with Crippen LogP contribution >= 0.6 is 0 Å². The minimum absolute atomic E-state index is 0.104. The van der Waals surface area contributed by atoms with E-state index in [0.717, 1.165) is 64.5 Å². The van der Waals surface area contributed by atoms with Gasteiger partial charge in [0.1, 0.15) is 0 Å². The van der Waals surface area contributed by atoms with E-state index in [1.807, 2.05) is 12.1 Å². The van der Waals surface area contributed by atoms with Crippen molar-refractivity contribution in [3.63, 3.8) is 0 Å². The fraction of sp³-hybridized carbons (Fsp3) is 0.440. The first kappa shape index (κ1) is 22.3. The van der Waals surface area contributed by atoms with Crippen molar-refractivity contribution in [3.8, 4) is 0 Å². The third-order valence-electron chi connectivity index (χ3n) is 6.07. The number of carbonyl (C=O) groups excluding carboxylic acids is 2. The molecule has 0 atom stereocenters. The molecule has 0 unspecified atom stereocenters. The second kappa shape index (κ2) is 10.6. The molecular formula is C25H32N4O3. The number of ether oxygens (including phenoxy) is 1. The van der Waals surface area contributed by atoms with E-state index in [1.165, 1.54) is 18.1 Å². The number of nitrogens with zero attached hydrogens (tertiary/aromatic N) is 2. The van der Waals surface area contributed by atoms with E-state index in [-0.39, 0.29) is 11.8 Å². The van der Waals surface area contributed by atoms with E-state index in [0.29, 0.717) is 17.8 Å². The normalized spacial score (nSPS) is 16.3. The van der Waals surface area contributed by atoms with E-state index >= 15 is 0 Å². The predicted molar refractivity (Wildman–Crippen MR) is 126 cm³/mol. The molecule has 7 nitrogen and oxygen atoms in total. The highest BCUT2D eigenvalue weighted by molar-refractivity contribution is 6.02. The summed E-state index contributed by atoms with van der Waals surface area (Å²) in [5.74, 6) is -0.255. The summed E-state index contributed by atoms with van der Waals surface area (Å²) >= 11 is 0. The first-order chi connectivity index (χ1) is 15.6. The zero-order chi connectivity index (χ0) is 22.3. The molecule has 2 aliphatic heterocycles. The third-order valence-corrected chi connectivity index (χ3v) is 6.07. The molecule has 170 valence electrons. The van der Waals surface area contributed by atoms with Crippen LogP contribution < -0.4 is 15.5 Å². The minimum Gasteiger partial charge on any atom is -0.379 e. The van der Waals surface area contributed by atoms with E-state index in [4.69, 9.17) is 4.74 Å². The summed E-state index contributed by atoms with van der Waals surface area (Å²) in [7, 11) is 0. The van der Waals surface area contributed by atoms with Crippen LogP contribution in [0.1, 0.15) is 34.8 Å². The Morgan fingerprint density at radius 1 is 1.03 bits per heavy atom. The van der Waals surface area contributed by atoms with E-state index in [9.17, 15) is 9.59 Å². The summed E-state index contributed by atoms with van der Waals surface area (Å²) < 4.78 is 5.39. The quantitative estimate of drug-likeness (QED) is 0.653. The number of rotatable bonds is 7. The number of hydrogen-bond donors (Lipinski definition) is 2. The van der Waals surface area contributed by atoms with Gasteiger partial charge in [0.15, 0.2) is 0 Å². The number of carbonyl (C=O) groups is 2. The van der Waals surface area contributed by atoms with Crippen LogP contribution in [-0.4, -0.2) is 62.7 Å². The van der Waals surface area contributed by atoms with Gasteiger partial charge in [0.2, 0.25) is 5.91 Å². The summed E-state index contributed by atoms with van der Waals surface area (Å²) in [6.45, 7) is 8.13. The standard InChI is InChI=1S/C25H32N4O3/c1-19(30)27-22-7-8-24(29-12-9-20-5-2-3-6-21(20)18-29)23(17-22)25(31)26-10-4-11-28-13-15-32-16-14-28/h2-3,5-8,17H,4,9-16,18H2,1H3,(H,26,31)(H,27,30). The fourth-order valence-corrected chi connectivity index (χ4v) is 4.40. The zero-order valence-corrected chi connectivity index (χ0v) is 18.7. The summed E-state index contributed by atoms with van der Waals surface area (Å²) in [5, 5.41) is 5.88. The van der Waals surface area contributed by atoms with Crippen molar-refractivity contribution in [1.29, 1.82) is 0 Å². The first-order valence-corrected chi connectivity index (χ1v) is 11.4. The lowest BCUT2D eigenvalue weighted by molar-refractivity contribution is -0.114. The Kier molecular flexibility index (Phi) is 7.39. The van der Waals surface area contributed by atoms with Gasteiger partial charge in [-0.25, -0.2) is 0 Å². The summed E-state index contributed by atoms with van der Waals surface area (Å²) in [4.78, 5) is 29.3. The van der Waals surface area contributed by atoms with E-state index in [2.05, 4.69) is 44.7 Å². The van der Waals surface area contributed by atoms with Crippen molar-refractivity contribution in [3.05, 3.63) is 59.2 Å². The summed E-state index contributed by atoms with van der Waals surface area (Å²) in [6, 6.07) is 14.1. The van der Waals surface area contributed by atoms with Gasteiger partial charge in [0.25, 0.3) is 5.91 Å². The SMILES string of the molecule is CC(=O)Nc1ccc(N2CCc3ccccc3C2)c(C(=O)NCCCN2CCOCC2)c1. The molecule has 0 bridgehead atoms. The summed E-state index contributed by atoms with van der Waals surface area (Å²) in [5.41, 5.74) is 4.80. The highest BCUT2D eigenvalue weighted by Gasteiger charge is 2.22. The highest BCUT2D eigenvalue weighted by Crippen LogP contribution is 2.29. The van der Waals surface area contributed by atoms with Gasteiger partial charge in [-0.2, -0.15) is 0 Å². The molecule has 0 aromatic heterocycles. The summed E-state index contributed by atoms with van der Waals surface area (Å²) in [6.07, 6.45) is 1.84. The van der Waals surface area contributed by atoms with Gasteiger partial charge in [-0.05, 0) is 48.7 Å². The molecule has 4 rings (SSSR count). The van der Waals surface area contributed by atoms with Crippen LogP contribution in [0.2, 0.25) is 0 Å². The predicted octanol–water partition coefficient (Wildman–Crippen LogP) is 2.66. The molecule has 2 aromatic carbocycles. The molecule has 32 heavy (non-hydrogen) atoms. The smallest absolute Gasteiger partial charge is 0.253 e. The Balaban J connectivity index is 1.45. The third kappa shape index (κ3) is 5.66. The van der Waals surface area contributed by atoms with Crippen LogP contribution in [0.5, 0.6) is 0 Å². The maximum Gasteiger partial charge on any atom is 0.253 e. The molecular weight excluding hydrogens is 404 g/mol. The van der Waals surface area contributed by atoms with Crippen LogP contribution in [0, 0.1) is 0 Å². The van der Waals surface area contributed by atoms with Crippen LogP contribution in [0.25, 0.3) is 0 Å². The van der Waals surface area contributed by atoms with Crippen molar-refractivity contribution in [2.45, 2.75) is 26.3 Å². The van der Waals surface area contributed by atoms with Crippen molar-refractivity contribution >= 4 is 23.2 Å². The molecule has 2 aromatic rings. The van der Waals surface area contributed by atoms with Crippen LogP contribution in [-0.2, 0) is 22.5 Å². The van der Waals surface area contributed by atoms with Gasteiger partial charge in [-0.1, -0.05) is 24.3 Å². The number of fused-ring (bicyclic) bond motifs is 1. The lowest BCUT2D eigenvalue weighted by Gasteiger charge is -2.32. The fourth-order valence-electron chi connectivity index (χ4n) is 4.40. The number of hydrogen-bond acceptors (Lipinski definition) is 5. The number of benzene rings is 2. The highest BCUT2D eigenvalue weighted by atomic mass is 16.5. The van der Waals surface area contributed by atoms with Crippen LogP contribution in [0.15, 0.2) is 42.5 Å². The van der Waals surface area contributed by atoms with Gasteiger partial charge in [-0.15, -0.1) is 0 Å². The molecule has 2 N–H and O–H groups in total. The maximum atomic E-state index is 13.2. The Labute approximate surface area is 189 Å². The monoisotopic (exact) mass is 436 g/mol. The average molecular weight is 437 g/mol. The van der Waals surface area contributed by atoms with Crippen molar-refractivity contribution in [2.24, 2.45) is 0 Å². The molecule has 7 heteroatoms. The van der Waals surface area contributed by atoms with Gasteiger partial charge in [0.05, 0.1) is 18.8 Å². The number of anilines is 2. The molecule has 1 fully saturated rings. The minimum atomic E-state index is -0.151. The molecule has 0 aliphatic carbocycles. The lowest BCUT2D eigenvalue weighted by atomic mass is 9.98. The average Bonchev–Trinajstić information content (AvgIpc) is 2.81. The Hall–Kier alpha value is -2.90. The molecule has 0 saturated carbocycles. The van der Waals surface area contributed by atoms with Gasteiger partial charge in [-0.3, -0.25) is 14.5 Å². The van der Waals surface area contributed by atoms with Crippen molar-refractivity contribution in [1.82, 2.24) is 10.2 Å². The van der Waals surface area contributed by atoms with Crippen molar-refractivity contribution in [2.75, 3.05) is 56.2 Å². The Morgan fingerprint density at radius 3 is 2.59 bits per heavy atom. The topological polar surface area (TPSA) is 73.9 Å². The second-order valence-electron chi connectivity index (χ2n) is 8.42. The van der Waals surface area contributed by atoms with Gasteiger partial charge < -0.3 is 20.3 Å². The van der Waals surface area contributed by atoms with Crippen LogP contribution in [0.3, 0.4) is 0 Å². The molecule has 2 heterocycles. The van der Waals surface area contributed by atoms with Crippen molar-refractivity contribution < 1.29 is 14.3 Å². The molecule has 2 amide bonds. The second-order valence-corrected chi connectivity index (χ2v) is 8.42. The zero-order valence-electron chi connectivity index (χ0n) is 18.7. The Morgan fingerprint density at radius 2 is 1.81 bits per heavy atom. The van der Waals surface area contributed by atoms with E-state index in [1.54, 1.807) is 6.07 Å². The number of amides is 2. The molecule has 0 spiro atoms. The first-order valence-electron chi connectivity index (χ1n) is 11.4. The largest absolute Gasteiger partial charge is 0.379 e. The number of nitrogens with one attached hydrogen (secondary N) is 2. The Bertz CT molecular complexity index is 956. The van der Waals surface area contributed by atoms with E-state index < -0.39 is 0 Å². The molecule has 0 radical (unpaired) electrons. The maximum absolute atomic E-state index is 13.2. The lowest BCUT2D eigenvalue weighted by Crippen LogP contribution is -2.38. The van der Waals surface area contributed by atoms with Crippen LogP contribution in [0.4, 0.5) is 11.4 Å². The van der Waals surface area contributed by atoms with Gasteiger partial charge in [0, 0.05) is 51.0 Å². The van der Waals surface area contributed by atoms with Gasteiger partial charge >= 0.3 is 0 Å².